The molecule has 1 saturated heterocycles. The van der Waals surface area contributed by atoms with E-state index >= 15 is 0 Å². The molecule has 0 saturated carbocycles. The third-order valence-electron chi connectivity index (χ3n) is 5.50. The van der Waals surface area contributed by atoms with E-state index in [0.717, 1.165) is 49.3 Å². The Morgan fingerprint density at radius 2 is 1.93 bits per heavy atom. The first-order valence-electron chi connectivity index (χ1n) is 9.25. The summed E-state index contributed by atoms with van der Waals surface area (Å²) in [5, 5.41) is 12.0. The molecule has 3 aromatic rings. The van der Waals surface area contributed by atoms with Crippen molar-refractivity contribution in [2.45, 2.75) is 25.3 Å². The van der Waals surface area contributed by atoms with Crippen molar-refractivity contribution in [3.05, 3.63) is 69.9 Å². The second-order valence-electron chi connectivity index (χ2n) is 7.13. The number of methoxy groups -OCH3 is 1. The summed E-state index contributed by atoms with van der Waals surface area (Å²) in [6.45, 7) is 2.89. The van der Waals surface area contributed by atoms with Gasteiger partial charge in [-0.3, -0.25) is 15.0 Å². The zero-order valence-electron chi connectivity index (χ0n) is 15.4. The molecule has 4 rings (SSSR count). The molecule has 140 valence electrons. The predicted molar refractivity (Wildman–Crippen MR) is 105 cm³/mol. The Balaban J connectivity index is 1.41. The minimum atomic E-state index is -0.356. The zero-order valence-corrected chi connectivity index (χ0v) is 15.4. The maximum absolute atomic E-state index is 10.8. The van der Waals surface area contributed by atoms with Crippen molar-refractivity contribution in [3.63, 3.8) is 0 Å². The van der Waals surface area contributed by atoms with Crippen LogP contribution in [0.4, 0.5) is 5.69 Å². The maximum Gasteiger partial charge on any atom is 0.269 e. The first-order chi connectivity index (χ1) is 13.1. The van der Waals surface area contributed by atoms with Crippen molar-refractivity contribution in [1.82, 2.24) is 9.88 Å². The number of nitro benzene ring substituents is 1. The number of H-pyrrole nitrogens is 1. The van der Waals surface area contributed by atoms with Crippen LogP contribution in [-0.4, -0.2) is 35.0 Å². The van der Waals surface area contributed by atoms with E-state index in [9.17, 15) is 10.1 Å². The van der Waals surface area contributed by atoms with Crippen LogP contribution in [-0.2, 0) is 6.54 Å². The SMILES string of the molecule is COc1ccc2[nH]cc(C3CCN(Cc4ccc([N+](=O)[O-])cc4)CC3)c2c1. The molecule has 1 aliphatic heterocycles. The fourth-order valence-corrected chi connectivity index (χ4v) is 3.97. The van der Waals surface area contributed by atoms with Crippen LogP contribution in [0.15, 0.2) is 48.7 Å². The number of fused-ring (bicyclic) bond motifs is 1. The summed E-state index contributed by atoms with van der Waals surface area (Å²) >= 11 is 0. The highest BCUT2D eigenvalue weighted by Gasteiger charge is 2.23. The molecule has 2 aromatic carbocycles. The fraction of sp³-hybridized carbons (Fsp3) is 0.333. The summed E-state index contributed by atoms with van der Waals surface area (Å²) in [6, 6.07) is 13.1. The Morgan fingerprint density at radius 1 is 1.19 bits per heavy atom. The van der Waals surface area contributed by atoms with Gasteiger partial charge >= 0.3 is 0 Å². The number of aromatic amines is 1. The molecule has 0 amide bonds. The van der Waals surface area contributed by atoms with Crippen LogP contribution in [0.2, 0.25) is 0 Å². The van der Waals surface area contributed by atoms with Crippen molar-refractivity contribution in [1.29, 1.82) is 0 Å². The van der Waals surface area contributed by atoms with Crippen molar-refractivity contribution >= 4 is 16.6 Å². The summed E-state index contributed by atoms with van der Waals surface area (Å²) < 4.78 is 5.38. The first kappa shape index (κ1) is 17.5. The number of nitrogens with one attached hydrogen (secondary N) is 1. The molecule has 0 spiro atoms. The van der Waals surface area contributed by atoms with Gasteiger partial charge in [-0.2, -0.15) is 0 Å². The minimum Gasteiger partial charge on any atom is -0.497 e. The second kappa shape index (κ2) is 7.40. The van der Waals surface area contributed by atoms with Gasteiger partial charge in [0.25, 0.3) is 5.69 Å². The summed E-state index contributed by atoms with van der Waals surface area (Å²) in [5.74, 6) is 1.43. The van der Waals surface area contributed by atoms with Gasteiger partial charge in [0.1, 0.15) is 5.75 Å². The average molecular weight is 365 g/mol. The molecule has 1 fully saturated rings. The van der Waals surface area contributed by atoms with E-state index in [-0.39, 0.29) is 10.6 Å². The van der Waals surface area contributed by atoms with E-state index in [1.54, 1.807) is 19.2 Å². The molecule has 1 N–H and O–H groups in total. The maximum atomic E-state index is 10.8. The van der Waals surface area contributed by atoms with Gasteiger partial charge in [0.15, 0.2) is 0 Å². The van der Waals surface area contributed by atoms with Gasteiger partial charge in [0, 0.05) is 35.8 Å². The fourth-order valence-electron chi connectivity index (χ4n) is 3.97. The molecule has 0 bridgehead atoms. The van der Waals surface area contributed by atoms with Crippen molar-refractivity contribution in [3.8, 4) is 5.75 Å². The minimum absolute atomic E-state index is 0.146. The largest absolute Gasteiger partial charge is 0.497 e. The third kappa shape index (κ3) is 3.66. The lowest BCUT2D eigenvalue weighted by atomic mass is 9.89. The van der Waals surface area contributed by atoms with Gasteiger partial charge in [0.05, 0.1) is 12.0 Å². The van der Waals surface area contributed by atoms with Gasteiger partial charge in [-0.05, 0) is 61.2 Å². The number of aromatic nitrogens is 1. The molecule has 0 atom stereocenters. The number of hydrogen-bond donors (Lipinski definition) is 1. The highest BCUT2D eigenvalue weighted by Crippen LogP contribution is 2.35. The number of nitro groups is 1. The van der Waals surface area contributed by atoms with Gasteiger partial charge < -0.3 is 9.72 Å². The molecule has 6 nitrogen and oxygen atoms in total. The second-order valence-corrected chi connectivity index (χ2v) is 7.13. The first-order valence-corrected chi connectivity index (χ1v) is 9.25. The van der Waals surface area contributed by atoms with Crippen LogP contribution in [0.5, 0.6) is 5.75 Å². The van der Waals surface area contributed by atoms with Gasteiger partial charge in [-0.1, -0.05) is 12.1 Å². The Hall–Kier alpha value is -2.86. The molecule has 0 unspecified atom stereocenters. The van der Waals surface area contributed by atoms with Crippen LogP contribution < -0.4 is 4.74 Å². The molecule has 0 aliphatic carbocycles. The lowest BCUT2D eigenvalue weighted by molar-refractivity contribution is -0.384. The summed E-state index contributed by atoms with van der Waals surface area (Å²) in [5.41, 5.74) is 3.79. The Bertz CT molecular complexity index is 941. The molecule has 27 heavy (non-hydrogen) atoms. The standard InChI is InChI=1S/C21H23N3O3/c1-27-18-6-7-21-19(12-18)20(13-22-21)16-8-10-23(11-9-16)14-15-2-4-17(5-3-15)24(25)26/h2-7,12-13,16,22H,8-11,14H2,1H3. The van der Waals surface area contributed by atoms with E-state index in [1.165, 1.54) is 10.9 Å². The monoisotopic (exact) mass is 365 g/mol. The number of ether oxygens (including phenoxy) is 1. The van der Waals surface area contributed by atoms with Gasteiger partial charge in [-0.25, -0.2) is 0 Å². The molecule has 1 aliphatic rings. The summed E-state index contributed by atoms with van der Waals surface area (Å²) in [4.78, 5) is 16.2. The lowest BCUT2D eigenvalue weighted by Crippen LogP contribution is -2.32. The number of piperidine rings is 1. The van der Waals surface area contributed by atoms with Crippen LogP contribution in [0.3, 0.4) is 0 Å². The van der Waals surface area contributed by atoms with Crippen molar-refractivity contribution < 1.29 is 9.66 Å². The Labute approximate surface area is 157 Å². The smallest absolute Gasteiger partial charge is 0.269 e. The van der Waals surface area contributed by atoms with E-state index in [2.05, 4.69) is 28.2 Å². The van der Waals surface area contributed by atoms with Gasteiger partial charge in [0.2, 0.25) is 0 Å². The normalized spacial score (nSPS) is 15.9. The number of hydrogen-bond acceptors (Lipinski definition) is 4. The van der Waals surface area contributed by atoms with E-state index in [0.29, 0.717) is 5.92 Å². The van der Waals surface area contributed by atoms with Crippen molar-refractivity contribution in [2.24, 2.45) is 0 Å². The molecular weight excluding hydrogens is 342 g/mol. The average Bonchev–Trinajstić information content (AvgIpc) is 3.12. The van der Waals surface area contributed by atoms with Gasteiger partial charge in [-0.15, -0.1) is 0 Å². The number of likely N-dealkylation sites (tertiary alicyclic amines) is 1. The van der Waals surface area contributed by atoms with E-state index < -0.39 is 0 Å². The number of rotatable bonds is 5. The highest BCUT2D eigenvalue weighted by atomic mass is 16.6. The Kier molecular flexibility index (Phi) is 4.81. The molecule has 0 radical (unpaired) electrons. The quantitative estimate of drug-likeness (QED) is 0.535. The zero-order chi connectivity index (χ0) is 18.8. The predicted octanol–water partition coefficient (Wildman–Crippen LogP) is 4.46. The van der Waals surface area contributed by atoms with Crippen LogP contribution in [0.25, 0.3) is 10.9 Å². The third-order valence-corrected chi connectivity index (χ3v) is 5.50. The van der Waals surface area contributed by atoms with Crippen LogP contribution in [0, 0.1) is 10.1 Å². The van der Waals surface area contributed by atoms with E-state index in [1.807, 2.05) is 18.2 Å². The summed E-state index contributed by atoms with van der Waals surface area (Å²) in [7, 11) is 1.70. The van der Waals surface area contributed by atoms with E-state index in [4.69, 9.17) is 4.74 Å². The Morgan fingerprint density at radius 3 is 2.59 bits per heavy atom. The lowest BCUT2D eigenvalue weighted by Gasteiger charge is -2.32. The highest BCUT2D eigenvalue weighted by molar-refractivity contribution is 5.85. The number of nitrogens with zero attached hydrogens (tertiary/aromatic N) is 2. The van der Waals surface area contributed by atoms with Crippen LogP contribution >= 0.6 is 0 Å². The topological polar surface area (TPSA) is 71.4 Å². The number of non-ortho nitro benzene ring substituents is 1. The number of benzene rings is 2. The van der Waals surface area contributed by atoms with Crippen LogP contribution in [0.1, 0.15) is 29.9 Å². The molecule has 6 heteroatoms. The molecular formula is C21H23N3O3. The molecule has 1 aromatic heterocycles. The van der Waals surface area contributed by atoms with Crippen molar-refractivity contribution in [2.75, 3.05) is 20.2 Å². The molecule has 2 heterocycles. The summed E-state index contributed by atoms with van der Waals surface area (Å²) in [6.07, 6.45) is 4.36.